The van der Waals surface area contributed by atoms with Gasteiger partial charge in [-0.05, 0) is 35.9 Å². The van der Waals surface area contributed by atoms with Crippen LogP contribution in [0.2, 0.25) is 5.02 Å². The Hall–Kier alpha value is -1.52. The molecule has 1 N–H and O–H groups in total. The Bertz CT molecular complexity index is 613. The van der Waals surface area contributed by atoms with Crippen LogP contribution >= 0.6 is 27.5 Å². The summed E-state index contributed by atoms with van der Waals surface area (Å²) in [7, 11) is 0. The highest BCUT2D eigenvalue weighted by molar-refractivity contribution is 9.10. The van der Waals surface area contributed by atoms with Crippen molar-refractivity contribution in [3.05, 3.63) is 63.1 Å². The minimum atomic E-state index is -1.01. The molecule has 2 aromatic carbocycles. The lowest BCUT2D eigenvalue weighted by molar-refractivity contribution is 0.0697. The molecule has 19 heavy (non-hydrogen) atoms. The summed E-state index contributed by atoms with van der Waals surface area (Å²) in [6, 6.07) is 12.1. The third-order valence-corrected chi connectivity index (χ3v) is 3.25. The third-order valence-electron chi connectivity index (χ3n) is 2.46. The molecular weight excluding hydrogens is 332 g/mol. The van der Waals surface area contributed by atoms with Crippen molar-refractivity contribution in [2.45, 2.75) is 6.61 Å². The average molecular weight is 342 g/mol. The fourth-order valence-electron chi connectivity index (χ4n) is 1.54. The fourth-order valence-corrected chi connectivity index (χ4v) is 2.22. The number of hydrogen-bond acceptors (Lipinski definition) is 2. The van der Waals surface area contributed by atoms with Gasteiger partial charge in [-0.15, -0.1) is 0 Å². The summed E-state index contributed by atoms with van der Waals surface area (Å²) in [5.74, 6) is -0.549. The second kappa shape index (κ2) is 6.08. The van der Waals surface area contributed by atoms with Crippen molar-refractivity contribution >= 4 is 33.5 Å². The smallest absolute Gasteiger partial charge is 0.335 e. The number of carbonyl (C=O) groups is 1. The van der Waals surface area contributed by atoms with E-state index in [-0.39, 0.29) is 10.6 Å². The summed E-state index contributed by atoms with van der Waals surface area (Å²) in [4.78, 5) is 10.8. The standard InChI is InChI=1S/C14H10BrClO3/c15-11-3-1-2-9(6-11)8-19-13-5-4-10(14(17)18)7-12(13)16/h1-7H,8H2,(H,17,18). The van der Waals surface area contributed by atoms with Crippen molar-refractivity contribution in [1.29, 1.82) is 0 Å². The van der Waals surface area contributed by atoms with Crippen LogP contribution in [0.15, 0.2) is 46.9 Å². The predicted octanol–water partition coefficient (Wildman–Crippen LogP) is 4.38. The molecule has 0 amide bonds. The molecule has 0 aliphatic rings. The van der Waals surface area contributed by atoms with Crippen LogP contribution < -0.4 is 4.74 Å². The number of hydrogen-bond donors (Lipinski definition) is 1. The Morgan fingerprint density at radius 2 is 2.05 bits per heavy atom. The van der Waals surface area contributed by atoms with E-state index in [1.165, 1.54) is 12.1 Å². The molecule has 3 nitrogen and oxygen atoms in total. The molecule has 0 bridgehead atoms. The van der Waals surface area contributed by atoms with Gasteiger partial charge in [0.25, 0.3) is 0 Å². The second-order valence-electron chi connectivity index (χ2n) is 3.87. The highest BCUT2D eigenvalue weighted by Gasteiger charge is 2.08. The molecule has 0 saturated heterocycles. The van der Waals surface area contributed by atoms with E-state index in [0.29, 0.717) is 12.4 Å². The zero-order chi connectivity index (χ0) is 13.8. The van der Waals surface area contributed by atoms with Crippen LogP contribution in [0, 0.1) is 0 Å². The van der Waals surface area contributed by atoms with Gasteiger partial charge in [0.05, 0.1) is 10.6 Å². The van der Waals surface area contributed by atoms with E-state index in [2.05, 4.69) is 15.9 Å². The summed E-state index contributed by atoms with van der Waals surface area (Å²) in [5.41, 5.74) is 1.13. The molecule has 0 heterocycles. The first-order valence-corrected chi connectivity index (χ1v) is 6.63. The summed E-state index contributed by atoms with van der Waals surface area (Å²) in [5, 5.41) is 9.12. The normalized spacial score (nSPS) is 10.2. The van der Waals surface area contributed by atoms with Crippen LogP contribution in [0.25, 0.3) is 0 Å². The topological polar surface area (TPSA) is 46.5 Å². The molecule has 0 fully saturated rings. The number of aromatic carboxylic acids is 1. The molecule has 2 rings (SSSR count). The van der Waals surface area contributed by atoms with Crippen LogP contribution in [0.5, 0.6) is 5.75 Å². The lowest BCUT2D eigenvalue weighted by Crippen LogP contribution is -1.99. The summed E-state index contributed by atoms with van der Waals surface area (Å²) >= 11 is 9.35. The number of halogens is 2. The molecule has 5 heteroatoms. The van der Waals surface area contributed by atoms with Gasteiger partial charge in [-0.25, -0.2) is 4.79 Å². The Morgan fingerprint density at radius 3 is 2.68 bits per heavy atom. The highest BCUT2D eigenvalue weighted by atomic mass is 79.9. The Labute approximate surface area is 123 Å². The molecule has 0 aliphatic carbocycles. The molecule has 0 atom stereocenters. The minimum Gasteiger partial charge on any atom is -0.487 e. The van der Waals surface area contributed by atoms with E-state index < -0.39 is 5.97 Å². The van der Waals surface area contributed by atoms with Crippen LogP contribution in [0.3, 0.4) is 0 Å². The molecule has 0 spiro atoms. The number of benzene rings is 2. The SMILES string of the molecule is O=C(O)c1ccc(OCc2cccc(Br)c2)c(Cl)c1. The Morgan fingerprint density at radius 1 is 1.26 bits per heavy atom. The van der Waals surface area contributed by atoms with Gasteiger partial charge in [-0.2, -0.15) is 0 Å². The molecule has 0 saturated carbocycles. The molecule has 0 aromatic heterocycles. The third kappa shape index (κ3) is 3.72. The predicted molar refractivity (Wildman–Crippen MR) is 76.9 cm³/mol. The van der Waals surface area contributed by atoms with Gasteiger partial charge in [0.1, 0.15) is 12.4 Å². The van der Waals surface area contributed by atoms with Crippen molar-refractivity contribution in [3.63, 3.8) is 0 Å². The fraction of sp³-hybridized carbons (Fsp3) is 0.0714. The summed E-state index contributed by atoms with van der Waals surface area (Å²) < 4.78 is 6.54. The van der Waals surface area contributed by atoms with E-state index in [1.54, 1.807) is 6.07 Å². The molecule has 0 unspecified atom stereocenters. The van der Waals surface area contributed by atoms with Gasteiger partial charge in [0.2, 0.25) is 0 Å². The molecule has 2 aromatic rings. The first-order valence-electron chi connectivity index (χ1n) is 5.46. The van der Waals surface area contributed by atoms with E-state index in [1.807, 2.05) is 24.3 Å². The van der Waals surface area contributed by atoms with Gasteiger partial charge in [0.15, 0.2) is 0 Å². The molecular formula is C14H10BrClO3. The van der Waals surface area contributed by atoms with Gasteiger partial charge < -0.3 is 9.84 Å². The summed E-state index contributed by atoms with van der Waals surface area (Å²) in [6.07, 6.45) is 0. The van der Waals surface area contributed by atoms with Crippen molar-refractivity contribution < 1.29 is 14.6 Å². The van der Waals surface area contributed by atoms with Crippen LogP contribution in [0.4, 0.5) is 0 Å². The zero-order valence-electron chi connectivity index (χ0n) is 9.77. The Kier molecular flexibility index (Phi) is 4.45. The van der Waals surface area contributed by atoms with Crippen LogP contribution in [0.1, 0.15) is 15.9 Å². The van der Waals surface area contributed by atoms with Crippen molar-refractivity contribution in [1.82, 2.24) is 0 Å². The lowest BCUT2D eigenvalue weighted by Gasteiger charge is -2.09. The monoisotopic (exact) mass is 340 g/mol. The molecule has 98 valence electrons. The largest absolute Gasteiger partial charge is 0.487 e. The molecule has 0 aliphatic heterocycles. The lowest BCUT2D eigenvalue weighted by atomic mass is 10.2. The highest BCUT2D eigenvalue weighted by Crippen LogP contribution is 2.26. The van der Waals surface area contributed by atoms with Crippen molar-refractivity contribution in [3.8, 4) is 5.75 Å². The van der Waals surface area contributed by atoms with Gasteiger partial charge in [-0.3, -0.25) is 0 Å². The number of rotatable bonds is 4. The maximum absolute atomic E-state index is 10.8. The first kappa shape index (κ1) is 13.9. The van der Waals surface area contributed by atoms with Gasteiger partial charge in [-0.1, -0.05) is 39.7 Å². The minimum absolute atomic E-state index is 0.139. The van der Waals surface area contributed by atoms with E-state index in [0.717, 1.165) is 10.0 Å². The zero-order valence-corrected chi connectivity index (χ0v) is 12.1. The number of carboxylic acids is 1. The second-order valence-corrected chi connectivity index (χ2v) is 5.19. The van der Waals surface area contributed by atoms with Crippen molar-refractivity contribution in [2.75, 3.05) is 0 Å². The first-order chi connectivity index (χ1) is 9.06. The Balaban J connectivity index is 2.10. The van der Waals surface area contributed by atoms with Crippen LogP contribution in [-0.4, -0.2) is 11.1 Å². The van der Waals surface area contributed by atoms with Crippen molar-refractivity contribution in [2.24, 2.45) is 0 Å². The van der Waals surface area contributed by atoms with Crippen LogP contribution in [-0.2, 0) is 6.61 Å². The number of carboxylic acid groups (broad SMARTS) is 1. The quantitative estimate of drug-likeness (QED) is 0.897. The van der Waals surface area contributed by atoms with Gasteiger partial charge >= 0.3 is 5.97 Å². The van der Waals surface area contributed by atoms with E-state index in [9.17, 15) is 4.79 Å². The summed E-state index contributed by atoms with van der Waals surface area (Å²) in [6.45, 7) is 0.367. The maximum atomic E-state index is 10.8. The van der Waals surface area contributed by atoms with E-state index >= 15 is 0 Å². The molecule has 0 radical (unpaired) electrons. The average Bonchev–Trinajstić information content (AvgIpc) is 2.37. The maximum Gasteiger partial charge on any atom is 0.335 e. The number of ether oxygens (including phenoxy) is 1. The van der Waals surface area contributed by atoms with E-state index in [4.69, 9.17) is 21.4 Å². The van der Waals surface area contributed by atoms with Gasteiger partial charge in [0, 0.05) is 4.47 Å².